The maximum Gasteiger partial charge on any atom is 0.0410 e. The molecule has 2 aliphatic rings. The van der Waals surface area contributed by atoms with E-state index in [1.165, 1.54) is 31.2 Å². The van der Waals surface area contributed by atoms with Crippen LogP contribution in [0.2, 0.25) is 0 Å². The van der Waals surface area contributed by atoms with E-state index >= 15 is 0 Å². The standard InChI is InChI=1S/C14H20BrN3/c15-12-4-10(7-17-8-12)6-14(18-16)13-5-9-1-2-11(13)3-9/h4,7-9,11,13-14,18H,1-3,5-6,16H2. The van der Waals surface area contributed by atoms with Gasteiger partial charge in [-0.25, -0.2) is 0 Å². The van der Waals surface area contributed by atoms with Gasteiger partial charge in [0.1, 0.15) is 0 Å². The zero-order chi connectivity index (χ0) is 12.5. The van der Waals surface area contributed by atoms with Crippen LogP contribution in [0, 0.1) is 17.8 Å². The number of nitrogens with one attached hydrogen (secondary N) is 1. The monoisotopic (exact) mass is 309 g/mol. The Morgan fingerprint density at radius 1 is 1.39 bits per heavy atom. The maximum absolute atomic E-state index is 5.79. The molecule has 0 aliphatic heterocycles. The summed E-state index contributed by atoms with van der Waals surface area (Å²) in [4.78, 5) is 4.23. The second-order valence-electron chi connectivity index (χ2n) is 5.83. The first-order valence-corrected chi connectivity index (χ1v) is 7.61. The summed E-state index contributed by atoms with van der Waals surface area (Å²) in [6, 6.07) is 2.54. The van der Waals surface area contributed by atoms with Crippen LogP contribution < -0.4 is 11.3 Å². The molecule has 2 aliphatic carbocycles. The molecule has 2 bridgehead atoms. The average molecular weight is 310 g/mol. The number of hydrazine groups is 1. The van der Waals surface area contributed by atoms with Crippen molar-refractivity contribution in [3.05, 3.63) is 28.5 Å². The van der Waals surface area contributed by atoms with E-state index in [-0.39, 0.29) is 0 Å². The Kier molecular flexibility index (Phi) is 3.68. The molecular formula is C14H20BrN3. The summed E-state index contributed by atoms with van der Waals surface area (Å²) in [6.07, 6.45) is 10.4. The smallest absolute Gasteiger partial charge is 0.0410 e. The molecule has 3 nitrogen and oxygen atoms in total. The van der Waals surface area contributed by atoms with E-state index in [2.05, 4.69) is 32.4 Å². The van der Waals surface area contributed by atoms with E-state index in [1.54, 1.807) is 0 Å². The van der Waals surface area contributed by atoms with Gasteiger partial charge in [0.2, 0.25) is 0 Å². The van der Waals surface area contributed by atoms with Crippen molar-refractivity contribution in [2.45, 2.75) is 38.1 Å². The predicted octanol–water partition coefficient (Wildman–Crippen LogP) is 2.65. The van der Waals surface area contributed by atoms with E-state index in [0.29, 0.717) is 6.04 Å². The van der Waals surface area contributed by atoms with Crippen molar-refractivity contribution in [2.24, 2.45) is 23.6 Å². The van der Waals surface area contributed by atoms with Gasteiger partial charge in [-0.2, -0.15) is 0 Å². The molecular weight excluding hydrogens is 290 g/mol. The lowest BCUT2D eigenvalue weighted by molar-refractivity contribution is 0.248. The first-order chi connectivity index (χ1) is 8.76. The van der Waals surface area contributed by atoms with Crippen LogP contribution in [0.1, 0.15) is 31.2 Å². The van der Waals surface area contributed by atoms with Crippen LogP contribution in [0.5, 0.6) is 0 Å². The second kappa shape index (κ2) is 5.27. The fourth-order valence-electron chi connectivity index (χ4n) is 3.94. The highest BCUT2D eigenvalue weighted by Crippen LogP contribution is 2.49. The van der Waals surface area contributed by atoms with E-state index < -0.39 is 0 Å². The molecule has 0 aromatic carbocycles. The number of hydrogen-bond acceptors (Lipinski definition) is 3. The number of pyridine rings is 1. The van der Waals surface area contributed by atoms with Crippen LogP contribution in [-0.2, 0) is 6.42 Å². The minimum atomic E-state index is 0.399. The Morgan fingerprint density at radius 2 is 2.28 bits per heavy atom. The van der Waals surface area contributed by atoms with Crippen molar-refractivity contribution in [3.63, 3.8) is 0 Å². The molecule has 3 N–H and O–H groups in total. The summed E-state index contributed by atoms with van der Waals surface area (Å²) >= 11 is 3.48. The lowest BCUT2D eigenvalue weighted by Crippen LogP contribution is -2.44. The van der Waals surface area contributed by atoms with Gasteiger partial charge < -0.3 is 0 Å². The fraction of sp³-hybridized carbons (Fsp3) is 0.643. The SMILES string of the molecule is NNC(Cc1cncc(Br)c1)C1CC2CCC1C2. The van der Waals surface area contributed by atoms with Crippen LogP contribution in [-0.4, -0.2) is 11.0 Å². The van der Waals surface area contributed by atoms with E-state index in [9.17, 15) is 0 Å². The van der Waals surface area contributed by atoms with E-state index in [4.69, 9.17) is 5.84 Å². The Bertz CT molecular complexity index is 423. The van der Waals surface area contributed by atoms with Gasteiger partial charge in [0.05, 0.1) is 0 Å². The molecule has 98 valence electrons. The molecule has 1 aromatic heterocycles. The number of nitrogens with two attached hydrogens (primary N) is 1. The molecule has 0 spiro atoms. The van der Waals surface area contributed by atoms with Gasteiger partial charge in [-0.1, -0.05) is 6.42 Å². The number of aromatic nitrogens is 1. The summed E-state index contributed by atoms with van der Waals surface area (Å²) in [5.74, 6) is 8.41. The Labute approximate surface area is 117 Å². The zero-order valence-electron chi connectivity index (χ0n) is 10.5. The van der Waals surface area contributed by atoms with E-state index in [0.717, 1.165) is 28.6 Å². The normalized spacial score (nSPS) is 31.8. The minimum Gasteiger partial charge on any atom is -0.271 e. The number of fused-ring (bicyclic) bond motifs is 2. The highest BCUT2D eigenvalue weighted by Gasteiger charge is 2.42. The third kappa shape index (κ3) is 2.46. The fourth-order valence-corrected chi connectivity index (χ4v) is 4.35. The van der Waals surface area contributed by atoms with Gasteiger partial charge in [-0.15, -0.1) is 0 Å². The van der Waals surface area contributed by atoms with Crippen molar-refractivity contribution >= 4 is 15.9 Å². The summed E-state index contributed by atoms with van der Waals surface area (Å²) in [7, 11) is 0. The number of nitrogens with zero attached hydrogens (tertiary/aromatic N) is 1. The Hall–Kier alpha value is -0.450. The third-order valence-corrected chi connectivity index (χ3v) is 5.17. The van der Waals surface area contributed by atoms with Crippen molar-refractivity contribution in [2.75, 3.05) is 0 Å². The molecule has 4 atom stereocenters. The molecule has 18 heavy (non-hydrogen) atoms. The highest BCUT2D eigenvalue weighted by molar-refractivity contribution is 9.10. The molecule has 2 saturated carbocycles. The maximum atomic E-state index is 5.79. The molecule has 0 amide bonds. The second-order valence-corrected chi connectivity index (χ2v) is 6.74. The first-order valence-electron chi connectivity index (χ1n) is 6.82. The number of hydrogen-bond donors (Lipinski definition) is 2. The van der Waals surface area contributed by atoms with Gasteiger partial charge in [0, 0.05) is 22.9 Å². The van der Waals surface area contributed by atoms with Crippen LogP contribution in [0.15, 0.2) is 22.9 Å². The number of halogens is 1. The quantitative estimate of drug-likeness (QED) is 0.664. The molecule has 4 unspecified atom stereocenters. The molecule has 4 heteroatoms. The summed E-state index contributed by atoms with van der Waals surface area (Å²) in [5, 5.41) is 0. The third-order valence-electron chi connectivity index (χ3n) is 4.74. The molecule has 0 radical (unpaired) electrons. The van der Waals surface area contributed by atoms with Gasteiger partial charge in [-0.05, 0) is 71.0 Å². The van der Waals surface area contributed by atoms with E-state index in [1.807, 2.05) is 12.4 Å². The summed E-state index contributed by atoms with van der Waals surface area (Å²) in [5.41, 5.74) is 4.31. The zero-order valence-corrected chi connectivity index (χ0v) is 12.1. The topological polar surface area (TPSA) is 50.9 Å². The molecule has 1 aromatic rings. The molecule has 2 fully saturated rings. The summed E-state index contributed by atoms with van der Waals surface area (Å²) in [6.45, 7) is 0. The molecule has 0 saturated heterocycles. The Morgan fingerprint density at radius 3 is 2.89 bits per heavy atom. The first kappa shape index (κ1) is 12.6. The average Bonchev–Trinajstić information content (AvgIpc) is 2.98. The van der Waals surface area contributed by atoms with Gasteiger partial charge in [0.25, 0.3) is 0 Å². The van der Waals surface area contributed by atoms with Crippen LogP contribution in [0.4, 0.5) is 0 Å². The molecule has 3 rings (SSSR count). The van der Waals surface area contributed by atoms with Crippen LogP contribution in [0.25, 0.3) is 0 Å². The lowest BCUT2D eigenvalue weighted by Gasteiger charge is -2.30. The Balaban J connectivity index is 1.69. The highest BCUT2D eigenvalue weighted by atomic mass is 79.9. The predicted molar refractivity (Wildman–Crippen MR) is 75.7 cm³/mol. The van der Waals surface area contributed by atoms with Crippen molar-refractivity contribution in [3.8, 4) is 0 Å². The minimum absolute atomic E-state index is 0.399. The van der Waals surface area contributed by atoms with Gasteiger partial charge in [0.15, 0.2) is 0 Å². The van der Waals surface area contributed by atoms with Crippen LogP contribution in [0.3, 0.4) is 0 Å². The van der Waals surface area contributed by atoms with Crippen LogP contribution >= 0.6 is 15.9 Å². The lowest BCUT2D eigenvalue weighted by atomic mass is 9.81. The number of rotatable bonds is 4. The molecule has 1 heterocycles. The van der Waals surface area contributed by atoms with Crippen molar-refractivity contribution in [1.29, 1.82) is 0 Å². The summed E-state index contributed by atoms with van der Waals surface area (Å²) < 4.78 is 1.05. The van der Waals surface area contributed by atoms with Crippen molar-refractivity contribution in [1.82, 2.24) is 10.4 Å². The van der Waals surface area contributed by atoms with Gasteiger partial charge >= 0.3 is 0 Å². The van der Waals surface area contributed by atoms with Crippen molar-refractivity contribution < 1.29 is 0 Å². The van der Waals surface area contributed by atoms with Gasteiger partial charge in [-0.3, -0.25) is 16.3 Å². The largest absolute Gasteiger partial charge is 0.271 e.